The van der Waals surface area contributed by atoms with E-state index in [4.69, 9.17) is 21.7 Å². The molecule has 33 heavy (non-hydrogen) atoms. The van der Waals surface area contributed by atoms with Gasteiger partial charge < -0.3 is 14.8 Å². The quantitative estimate of drug-likeness (QED) is 0.317. The van der Waals surface area contributed by atoms with Crippen molar-refractivity contribution in [1.82, 2.24) is 5.32 Å². The summed E-state index contributed by atoms with van der Waals surface area (Å²) in [5.41, 5.74) is 2.45. The molecule has 7 heteroatoms. The number of thiocarbonyl (C=S) groups is 1. The third-order valence-electron chi connectivity index (χ3n) is 4.94. The number of carbonyl (C=O) groups excluding carboxylic acids is 1. The van der Waals surface area contributed by atoms with Crippen molar-refractivity contribution in [3.05, 3.63) is 88.4 Å². The van der Waals surface area contributed by atoms with Crippen LogP contribution in [0.15, 0.2) is 77.3 Å². The van der Waals surface area contributed by atoms with E-state index >= 15 is 0 Å². The van der Waals surface area contributed by atoms with Gasteiger partial charge in [0.15, 0.2) is 5.11 Å². The third kappa shape index (κ3) is 7.87. The molecule has 1 amide bonds. The Kier molecular flexibility index (Phi) is 9.27. The molecule has 3 aromatic carbocycles. The van der Waals surface area contributed by atoms with Gasteiger partial charge in [0.05, 0.1) is 17.2 Å². The zero-order chi connectivity index (χ0) is 23.6. The SMILES string of the molecule is CCC(C)Oc1ccc(NC(=S)NC(=O)c2ccc(OCCc3ccccc3)c(Br)c2)cc1. The van der Waals surface area contributed by atoms with Gasteiger partial charge in [-0.2, -0.15) is 0 Å². The lowest BCUT2D eigenvalue weighted by Crippen LogP contribution is -2.34. The highest BCUT2D eigenvalue weighted by atomic mass is 79.9. The van der Waals surface area contributed by atoms with Crippen LogP contribution in [0.4, 0.5) is 5.69 Å². The van der Waals surface area contributed by atoms with E-state index in [1.165, 1.54) is 5.56 Å². The monoisotopic (exact) mass is 526 g/mol. The molecule has 0 bridgehead atoms. The second-order valence-corrected chi connectivity index (χ2v) is 8.76. The molecule has 3 rings (SSSR count). The molecular formula is C26H27BrN2O3S. The fourth-order valence-electron chi connectivity index (χ4n) is 2.95. The first kappa shape index (κ1) is 24.7. The van der Waals surface area contributed by atoms with E-state index < -0.39 is 0 Å². The van der Waals surface area contributed by atoms with Gasteiger partial charge >= 0.3 is 0 Å². The van der Waals surface area contributed by atoms with Crippen LogP contribution in [0, 0.1) is 0 Å². The van der Waals surface area contributed by atoms with Gasteiger partial charge in [0.25, 0.3) is 5.91 Å². The molecule has 1 atom stereocenters. The van der Waals surface area contributed by atoms with Gasteiger partial charge in [0.1, 0.15) is 11.5 Å². The number of amides is 1. The molecule has 5 nitrogen and oxygen atoms in total. The molecule has 0 saturated heterocycles. The van der Waals surface area contributed by atoms with Gasteiger partial charge in [-0.3, -0.25) is 10.1 Å². The van der Waals surface area contributed by atoms with E-state index in [1.807, 2.05) is 49.4 Å². The van der Waals surface area contributed by atoms with Crippen LogP contribution in [-0.2, 0) is 6.42 Å². The van der Waals surface area contributed by atoms with Crippen LogP contribution in [0.1, 0.15) is 36.2 Å². The minimum absolute atomic E-state index is 0.157. The highest BCUT2D eigenvalue weighted by Crippen LogP contribution is 2.26. The molecular weight excluding hydrogens is 500 g/mol. The van der Waals surface area contributed by atoms with E-state index in [0.717, 1.165) is 24.3 Å². The summed E-state index contributed by atoms with van der Waals surface area (Å²) in [6.45, 7) is 4.65. The molecule has 2 N–H and O–H groups in total. The summed E-state index contributed by atoms with van der Waals surface area (Å²) in [6, 6.07) is 22.8. The lowest BCUT2D eigenvalue weighted by atomic mass is 10.2. The smallest absolute Gasteiger partial charge is 0.257 e. The molecule has 0 aliphatic carbocycles. The standard InChI is InChI=1S/C26H27BrN2O3S/c1-3-18(2)32-22-12-10-21(11-13-22)28-26(33)29-25(30)20-9-14-24(23(27)17-20)31-16-15-19-7-5-4-6-8-19/h4-14,17-18H,3,15-16H2,1-2H3,(H2,28,29,30,33). The summed E-state index contributed by atoms with van der Waals surface area (Å²) in [4.78, 5) is 12.6. The first-order valence-corrected chi connectivity index (χ1v) is 12.0. The highest BCUT2D eigenvalue weighted by molar-refractivity contribution is 9.10. The van der Waals surface area contributed by atoms with Crippen molar-refractivity contribution in [1.29, 1.82) is 0 Å². The molecule has 0 saturated carbocycles. The van der Waals surface area contributed by atoms with Crippen molar-refractivity contribution in [3.63, 3.8) is 0 Å². The number of hydrogen-bond acceptors (Lipinski definition) is 4. The number of ether oxygens (including phenoxy) is 2. The van der Waals surface area contributed by atoms with Crippen molar-refractivity contribution >= 4 is 44.9 Å². The van der Waals surface area contributed by atoms with E-state index in [2.05, 4.69) is 45.6 Å². The number of benzene rings is 3. The number of rotatable bonds is 9. The average molecular weight is 527 g/mol. The lowest BCUT2D eigenvalue weighted by molar-refractivity contribution is 0.0977. The Morgan fingerprint density at radius 3 is 2.45 bits per heavy atom. The molecule has 0 aliphatic rings. The summed E-state index contributed by atoms with van der Waals surface area (Å²) in [6.07, 6.45) is 1.90. The second-order valence-electron chi connectivity index (χ2n) is 7.50. The minimum Gasteiger partial charge on any atom is -0.492 e. The first-order chi connectivity index (χ1) is 15.9. The van der Waals surface area contributed by atoms with Crippen molar-refractivity contribution in [3.8, 4) is 11.5 Å². The number of halogens is 1. The zero-order valence-electron chi connectivity index (χ0n) is 18.6. The fraction of sp³-hybridized carbons (Fsp3) is 0.231. The normalized spacial score (nSPS) is 11.4. The van der Waals surface area contributed by atoms with Crippen LogP contribution in [0.2, 0.25) is 0 Å². The van der Waals surface area contributed by atoms with Gasteiger partial charge in [-0.15, -0.1) is 0 Å². The largest absolute Gasteiger partial charge is 0.492 e. The van der Waals surface area contributed by atoms with Crippen LogP contribution in [0.5, 0.6) is 11.5 Å². The van der Waals surface area contributed by atoms with Crippen molar-refractivity contribution < 1.29 is 14.3 Å². The Morgan fingerprint density at radius 1 is 1.06 bits per heavy atom. The summed E-state index contributed by atoms with van der Waals surface area (Å²) in [5, 5.41) is 5.93. The maximum Gasteiger partial charge on any atom is 0.257 e. The van der Waals surface area contributed by atoms with E-state index in [1.54, 1.807) is 18.2 Å². The Morgan fingerprint density at radius 2 is 1.79 bits per heavy atom. The summed E-state index contributed by atoms with van der Waals surface area (Å²) < 4.78 is 12.3. The Hall–Kier alpha value is -2.90. The topological polar surface area (TPSA) is 59.6 Å². The second kappa shape index (κ2) is 12.4. The zero-order valence-corrected chi connectivity index (χ0v) is 21.0. The molecule has 172 valence electrons. The molecule has 0 aliphatic heterocycles. The predicted molar refractivity (Wildman–Crippen MR) is 140 cm³/mol. The molecule has 0 heterocycles. The summed E-state index contributed by atoms with van der Waals surface area (Å²) >= 11 is 8.77. The molecule has 0 aromatic heterocycles. The average Bonchev–Trinajstić information content (AvgIpc) is 2.81. The minimum atomic E-state index is -0.305. The number of anilines is 1. The van der Waals surface area contributed by atoms with E-state index in [9.17, 15) is 4.79 Å². The van der Waals surface area contributed by atoms with Crippen molar-refractivity contribution in [2.75, 3.05) is 11.9 Å². The van der Waals surface area contributed by atoms with Crippen LogP contribution in [0.25, 0.3) is 0 Å². The molecule has 1 unspecified atom stereocenters. The summed E-state index contributed by atoms with van der Waals surface area (Å²) in [5.74, 6) is 1.17. The summed E-state index contributed by atoms with van der Waals surface area (Å²) in [7, 11) is 0. The predicted octanol–water partition coefficient (Wildman–Crippen LogP) is 6.37. The molecule has 0 spiro atoms. The number of hydrogen-bond donors (Lipinski definition) is 2. The van der Waals surface area contributed by atoms with Crippen LogP contribution in [-0.4, -0.2) is 23.7 Å². The third-order valence-corrected chi connectivity index (χ3v) is 5.76. The van der Waals surface area contributed by atoms with Crippen LogP contribution >= 0.6 is 28.1 Å². The fourth-order valence-corrected chi connectivity index (χ4v) is 3.66. The maximum absolute atomic E-state index is 12.6. The molecule has 0 fully saturated rings. The number of carbonyl (C=O) groups is 1. The van der Waals surface area contributed by atoms with Crippen molar-refractivity contribution in [2.45, 2.75) is 32.8 Å². The van der Waals surface area contributed by atoms with Gasteiger partial charge in [-0.05, 0) is 89.5 Å². The van der Waals surface area contributed by atoms with E-state index in [-0.39, 0.29) is 17.1 Å². The Bertz CT molecular complexity index is 1070. The van der Waals surface area contributed by atoms with Crippen LogP contribution in [0.3, 0.4) is 0 Å². The first-order valence-electron chi connectivity index (χ1n) is 10.8. The molecule has 3 aromatic rings. The van der Waals surface area contributed by atoms with Gasteiger partial charge in [-0.1, -0.05) is 37.3 Å². The Labute approximate surface area is 208 Å². The van der Waals surface area contributed by atoms with Gasteiger partial charge in [0.2, 0.25) is 0 Å². The maximum atomic E-state index is 12.6. The lowest BCUT2D eigenvalue weighted by Gasteiger charge is -2.14. The molecule has 0 radical (unpaired) electrons. The van der Waals surface area contributed by atoms with Crippen LogP contribution < -0.4 is 20.1 Å². The van der Waals surface area contributed by atoms with E-state index in [0.29, 0.717) is 22.4 Å². The van der Waals surface area contributed by atoms with Gasteiger partial charge in [0, 0.05) is 17.7 Å². The highest BCUT2D eigenvalue weighted by Gasteiger charge is 2.11. The Balaban J connectivity index is 1.50. The van der Waals surface area contributed by atoms with Crippen molar-refractivity contribution in [2.24, 2.45) is 0 Å². The van der Waals surface area contributed by atoms with Gasteiger partial charge in [-0.25, -0.2) is 0 Å². The number of nitrogens with one attached hydrogen (secondary N) is 2.